The summed E-state index contributed by atoms with van der Waals surface area (Å²) in [5.74, 6) is 1.35. The summed E-state index contributed by atoms with van der Waals surface area (Å²) in [7, 11) is 1.60. The Morgan fingerprint density at radius 1 is 1.39 bits per heavy atom. The van der Waals surface area contributed by atoms with Gasteiger partial charge >= 0.3 is 0 Å². The van der Waals surface area contributed by atoms with Gasteiger partial charge < -0.3 is 15.2 Å². The van der Waals surface area contributed by atoms with E-state index >= 15 is 0 Å². The second-order valence-electron chi connectivity index (χ2n) is 4.75. The lowest BCUT2D eigenvalue weighted by Crippen LogP contribution is -2.14. The quantitative estimate of drug-likeness (QED) is 0.839. The van der Waals surface area contributed by atoms with Crippen LogP contribution in [0.3, 0.4) is 0 Å². The molecule has 0 atom stereocenters. The van der Waals surface area contributed by atoms with Crippen LogP contribution in [0.25, 0.3) is 0 Å². The third-order valence-corrected chi connectivity index (χ3v) is 2.78. The van der Waals surface area contributed by atoms with Gasteiger partial charge in [-0.25, -0.2) is 0 Å². The van der Waals surface area contributed by atoms with Crippen LogP contribution in [-0.4, -0.2) is 13.7 Å². The first kappa shape index (κ1) is 14.3. The van der Waals surface area contributed by atoms with Gasteiger partial charge in [-0.1, -0.05) is 12.1 Å². The average Bonchev–Trinajstić information content (AvgIpc) is 2.38. The highest BCUT2D eigenvalue weighted by atomic mass is 16.5. The van der Waals surface area contributed by atoms with Crippen LogP contribution in [-0.2, 0) is 6.54 Å². The minimum Gasteiger partial charge on any atom is -0.493 e. The van der Waals surface area contributed by atoms with Crippen molar-refractivity contribution in [3.63, 3.8) is 0 Å². The molecule has 4 heteroatoms. The molecule has 1 rings (SSSR count). The van der Waals surface area contributed by atoms with Crippen molar-refractivity contribution < 1.29 is 9.47 Å². The van der Waals surface area contributed by atoms with Gasteiger partial charge in [0.2, 0.25) is 0 Å². The first-order chi connectivity index (χ1) is 8.54. The summed E-state index contributed by atoms with van der Waals surface area (Å²) in [5.41, 5.74) is 6.19. The van der Waals surface area contributed by atoms with E-state index < -0.39 is 0 Å². The summed E-state index contributed by atoms with van der Waals surface area (Å²) in [6, 6.07) is 7.88. The van der Waals surface area contributed by atoms with Crippen LogP contribution >= 0.6 is 0 Å². The third-order valence-electron chi connectivity index (χ3n) is 2.78. The molecule has 2 N–H and O–H groups in total. The fourth-order valence-corrected chi connectivity index (χ4v) is 1.51. The fourth-order valence-electron chi connectivity index (χ4n) is 1.51. The van der Waals surface area contributed by atoms with E-state index in [2.05, 4.69) is 6.07 Å². The summed E-state index contributed by atoms with van der Waals surface area (Å²) >= 11 is 0. The van der Waals surface area contributed by atoms with E-state index in [-0.39, 0.29) is 5.41 Å². The largest absolute Gasteiger partial charge is 0.493 e. The number of para-hydroxylation sites is 1. The standard InChI is InChI=1S/C14H20N2O2/c1-14(2,10-16)7-8-18-13-11(9-15)5-4-6-12(13)17-3/h4-6H,7-9,15H2,1-3H3. The lowest BCUT2D eigenvalue weighted by Gasteiger charge is -2.18. The number of nitrogens with two attached hydrogens (primary N) is 1. The normalized spacial score (nSPS) is 10.8. The van der Waals surface area contributed by atoms with Gasteiger partial charge in [0.1, 0.15) is 0 Å². The van der Waals surface area contributed by atoms with E-state index in [9.17, 15) is 0 Å². The molecule has 0 fully saturated rings. The lowest BCUT2D eigenvalue weighted by molar-refractivity contribution is 0.250. The van der Waals surface area contributed by atoms with Gasteiger partial charge in [-0.3, -0.25) is 0 Å². The van der Waals surface area contributed by atoms with E-state index in [1.165, 1.54) is 0 Å². The molecule has 0 saturated heterocycles. The first-order valence-electron chi connectivity index (χ1n) is 5.94. The van der Waals surface area contributed by atoms with Crippen LogP contribution in [0.5, 0.6) is 11.5 Å². The van der Waals surface area contributed by atoms with E-state index in [1.54, 1.807) is 7.11 Å². The molecule has 0 heterocycles. The molecule has 1 aromatic carbocycles. The van der Waals surface area contributed by atoms with Crippen molar-refractivity contribution in [2.75, 3.05) is 13.7 Å². The molecule has 4 nitrogen and oxygen atoms in total. The van der Waals surface area contributed by atoms with Crippen molar-refractivity contribution in [1.29, 1.82) is 5.26 Å². The molecule has 0 bridgehead atoms. The number of benzene rings is 1. The third kappa shape index (κ3) is 3.64. The molecule has 0 amide bonds. The summed E-state index contributed by atoms with van der Waals surface area (Å²) in [4.78, 5) is 0. The molecule has 18 heavy (non-hydrogen) atoms. The maximum atomic E-state index is 8.94. The highest BCUT2D eigenvalue weighted by Crippen LogP contribution is 2.31. The van der Waals surface area contributed by atoms with Crippen molar-refractivity contribution in [2.45, 2.75) is 26.8 Å². The molecule has 98 valence electrons. The Balaban J connectivity index is 2.75. The van der Waals surface area contributed by atoms with Crippen LogP contribution in [0, 0.1) is 16.7 Å². The molecule has 0 saturated carbocycles. The molecule has 0 unspecified atom stereocenters. The van der Waals surface area contributed by atoms with Gasteiger partial charge in [0.05, 0.1) is 25.2 Å². The van der Waals surface area contributed by atoms with Crippen molar-refractivity contribution in [1.82, 2.24) is 0 Å². The molecule has 0 radical (unpaired) electrons. The first-order valence-corrected chi connectivity index (χ1v) is 5.94. The van der Waals surface area contributed by atoms with Crippen molar-refractivity contribution in [3.05, 3.63) is 23.8 Å². The number of rotatable bonds is 6. The van der Waals surface area contributed by atoms with E-state index in [4.69, 9.17) is 20.5 Å². The molecule has 0 aliphatic carbocycles. The predicted octanol–water partition coefficient (Wildman–Crippen LogP) is 2.47. The van der Waals surface area contributed by atoms with Crippen LogP contribution in [0.4, 0.5) is 0 Å². The van der Waals surface area contributed by atoms with Crippen molar-refractivity contribution in [3.8, 4) is 17.6 Å². The second-order valence-corrected chi connectivity index (χ2v) is 4.75. The van der Waals surface area contributed by atoms with Crippen LogP contribution in [0.15, 0.2) is 18.2 Å². The minimum absolute atomic E-state index is 0.384. The Morgan fingerprint density at radius 2 is 2.11 bits per heavy atom. The summed E-state index contributed by atoms with van der Waals surface area (Å²) < 4.78 is 11.0. The monoisotopic (exact) mass is 248 g/mol. The van der Waals surface area contributed by atoms with Gasteiger partial charge in [0, 0.05) is 12.1 Å². The van der Waals surface area contributed by atoms with Crippen LogP contribution < -0.4 is 15.2 Å². The molecule has 0 spiro atoms. The number of nitriles is 1. The topological polar surface area (TPSA) is 68.3 Å². The number of ether oxygens (including phenoxy) is 2. The van der Waals surface area contributed by atoms with E-state index in [1.807, 2.05) is 32.0 Å². The summed E-state index contributed by atoms with van der Waals surface area (Å²) in [5, 5.41) is 8.94. The highest BCUT2D eigenvalue weighted by molar-refractivity contribution is 5.46. The lowest BCUT2D eigenvalue weighted by atomic mass is 9.92. The number of hydrogen-bond donors (Lipinski definition) is 1. The molecule has 0 aromatic heterocycles. The number of methoxy groups -OCH3 is 1. The Kier molecular flexibility index (Phi) is 4.99. The van der Waals surface area contributed by atoms with Crippen LogP contribution in [0.1, 0.15) is 25.8 Å². The van der Waals surface area contributed by atoms with E-state index in [0.717, 1.165) is 5.56 Å². The zero-order valence-electron chi connectivity index (χ0n) is 11.2. The molecular formula is C14H20N2O2. The Morgan fingerprint density at radius 3 is 2.67 bits per heavy atom. The Hall–Kier alpha value is -1.73. The van der Waals surface area contributed by atoms with Crippen LogP contribution in [0.2, 0.25) is 0 Å². The van der Waals surface area contributed by atoms with Crippen molar-refractivity contribution in [2.24, 2.45) is 11.1 Å². The van der Waals surface area contributed by atoms with Gasteiger partial charge in [-0.05, 0) is 26.3 Å². The zero-order valence-corrected chi connectivity index (χ0v) is 11.2. The molecule has 1 aromatic rings. The Bertz CT molecular complexity index is 414. The smallest absolute Gasteiger partial charge is 0.165 e. The number of hydrogen-bond acceptors (Lipinski definition) is 4. The molecular weight excluding hydrogens is 228 g/mol. The van der Waals surface area contributed by atoms with E-state index in [0.29, 0.717) is 31.1 Å². The minimum atomic E-state index is -0.384. The maximum absolute atomic E-state index is 8.94. The van der Waals surface area contributed by atoms with Gasteiger partial charge in [-0.15, -0.1) is 0 Å². The summed E-state index contributed by atoms with van der Waals surface area (Å²) in [6.45, 7) is 4.65. The second kappa shape index (κ2) is 6.27. The fraction of sp³-hybridized carbons (Fsp3) is 0.500. The SMILES string of the molecule is COc1cccc(CN)c1OCCC(C)(C)C#N. The maximum Gasteiger partial charge on any atom is 0.165 e. The van der Waals surface area contributed by atoms with Gasteiger partial charge in [0.25, 0.3) is 0 Å². The van der Waals surface area contributed by atoms with Gasteiger partial charge in [-0.2, -0.15) is 5.26 Å². The average molecular weight is 248 g/mol. The van der Waals surface area contributed by atoms with Gasteiger partial charge in [0.15, 0.2) is 11.5 Å². The highest BCUT2D eigenvalue weighted by Gasteiger charge is 2.17. The predicted molar refractivity (Wildman–Crippen MR) is 70.4 cm³/mol. The molecule has 0 aliphatic heterocycles. The zero-order chi connectivity index (χ0) is 13.6. The van der Waals surface area contributed by atoms with Crippen molar-refractivity contribution >= 4 is 0 Å². The molecule has 0 aliphatic rings. The summed E-state index contributed by atoms with van der Waals surface area (Å²) in [6.07, 6.45) is 0.658. The Labute approximate surface area is 108 Å². The number of nitrogens with zero attached hydrogens (tertiary/aromatic N) is 1.